The molecule has 0 radical (unpaired) electrons. The van der Waals surface area contributed by atoms with E-state index in [4.69, 9.17) is 0 Å². The molecule has 32 heavy (non-hydrogen) atoms. The third-order valence-corrected chi connectivity index (χ3v) is 8.19. The highest BCUT2D eigenvalue weighted by Crippen LogP contribution is 2.35. The zero-order valence-electron chi connectivity index (χ0n) is 18.4. The Balaban J connectivity index is 1.54. The van der Waals surface area contributed by atoms with Gasteiger partial charge in [-0.05, 0) is 50.3 Å². The number of fused-ring (bicyclic) bond motifs is 1. The molecule has 1 fully saturated rings. The van der Waals surface area contributed by atoms with Crippen molar-refractivity contribution >= 4 is 21.7 Å². The van der Waals surface area contributed by atoms with Crippen molar-refractivity contribution in [1.29, 1.82) is 5.26 Å². The lowest BCUT2D eigenvalue weighted by atomic mass is 9.95. The number of carbonyl (C=O) groups is 1. The molecule has 9 heteroatoms. The lowest BCUT2D eigenvalue weighted by Gasteiger charge is -2.33. The Labute approximate surface area is 189 Å². The van der Waals surface area contributed by atoms with Crippen molar-refractivity contribution < 1.29 is 13.2 Å². The third kappa shape index (κ3) is 4.44. The van der Waals surface area contributed by atoms with Crippen LogP contribution in [0.2, 0.25) is 0 Å². The highest BCUT2D eigenvalue weighted by atomic mass is 32.2. The van der Waals surface area contributed by atoms with Crippen LogP contribution in [0.3, 0.4) is 0 Å². The van der Waals surface area contributed by atoms with E-state index in [1.165, 1.54) is 4.31 Å². The normalized spacial score (nSPS) is 17.5. The van der Waals surface area contributed by atoms with Gasteiger partial charge in [0.2, 0.25) is 15.9 Å². The van der Waals surface area contributed by atoms with Crippen molar-refractivity contribution in [1.82, 2.24) is 13.8 Å². The van der Waals surface area contributed by atoms with Crippen molar-refractivity contribution in [2.45, 2.75) is 32.6 Å². The van der Waals surface area contributed by atoms with Gasteiger partial charge in [-0.15, -0.1) is 0 Å². The Morgan fingerprint density at radius 3 is 2.44 bits per heavy atom. The number of nitrogens with zero attached hydrogens (tertiary/aromatic N) is 4. The molecule has 2 aliphatic rings. The van der Waals surface area contributed by atoms with Gasteiger partial charge < -0.3 is 5.32 Å². The smallest absolute Gasteiger partial charge is 0.239 e. The number of hydrogen-bond acceptors (Lipinski definition) is 5. The number of carbonyl (C=O) groups excluding carboxylic acids is 1. The number of sulfonamides is 1. The zero-order chi connectivity index (χ0) is 22.7. The van der Waals surface area contributed by atoms with Crippen molar-refractivity contribution in [3.8, 4) is 11.8 Å². The number of hydrogen-bond donors (Lipinski definition) is 1. The molecule has 1 aromatic heterocycles. The molecular weight excluding hydrogens is 426 g/mol. The van der Waals surface area contributed by atoms with E-state index in [2.05, 4.69) is 11.4 Å². The Morgan fingerprint density at radius 2 is 1.78 bits per heavy atom. The Kier molecular flexibility index (Phi) is 6.65. The molecule has 8 nitrogen and oxygen atoms in total. The molecule has 2 aromatic rings. The van der Waals surface area contributed by atoms with Crippen LogP contribution in [0.15, 0.2) is 30.3 Å². The molecule has 1 aliphatic heterocycles. The van der Waals surface area contributed by atoms with Crippen LogP contribution in [0.25, 0.3) is 5.69 Å². The summed E-state index contributed by atoms with van der Waals surface area (Å²) < 4.78 is 27.6. The summed E-state index contributed by atoms with van der Waals surface area (Å²) >= 11 is 0. The van der Waals surface area contributed by atoms with E-state index in [1.807, 2.05) is 39.8 Å². The first kappa shape index (κ1) is 22.5. The average Bonchev–Trinajstić information content (AvgIpc) is 3.12. The summed E-state index contributed by atoms with van der Waals surface area (Å²) in [6.45, 7) is 3.60. The van der Waals surface area contributed by atoms with Gasteiger partial charge in [-0.1, -0.05) is 18.2 Å². The lowest BCUT2D eigenvalue weighted by Crippen LogP contribution is -2.50. The molecule has 0 unspecified atom stereocenters. The monoisotopic (exact) mass is 455 g/mol. The maximum Gasteiger partial charge on any atom is 0.239 e. The van der Waals surface area contributed by atoms with Gasteiger partial charge in [-0.2, -0.15) is 9.57 Å². The van der Waals surface area contributed by atoms with Crippen LogP contribution < -0.4 is 5.32 Å². The second-order valence-electron chi connectivity index (χ2n) is 8.26. The first-order chi connectivity index (χ1) is 15.4. The van der Waals surface area contributed by atoms with Crippen molar-refractivity contribution in [2.24, 2.45) is 0 Å². The Bertz CT molecular complexity index is 1130. The summed E-state index contributed by atoms with van der Waals surface area (Å²) in [7, 11) is -3.20. The van der Waals surface area contributed by atoms with Gasteiger partial charge in [0.15, 0.2) is 0 Å². The molecule has 0 spiro atoms. The van der Waals surface area contributed by atoms with Crippen LogP contribution in [0.5, 0.6) is 0 Å². The summed E-state index contributed by atoms with van der Waals surface area (Å²) in [5.74, 6) is 0.439. The molecule has 0 atom stereocenters. The first-order valence-corrected chi connectivity index (χ1v) is 12.8. The summed E-state index contributed by atoms with van der Waals surface area (Å²) in [6.07, 6.45) is 3.82. The molecule has 1 N–H and O–H groups in total. The number of benzene rings is 1. The van der Waals surface area contributed by atoms with Gasteiger partial charge in [0.25, 0.3) is 0 Å². The molecule has 1 aromatic carbocycles. The fraction of sp³-hybridized carbons (Fsp3) is 0.478. The predicted octanol–water partition coefficient (Wildman–Crippen LogP) is 2.13. The SMILES string of the molecule is CCS(=O)(=O)N1CCN(CC(=O)Nc2c(C#N)c3c(n2-c2ccccc2)CCCC3)CC1. The maximum atomic E-state index is 13.0. The van der Waals surface area contributed by atoms with Crippen LogP contribution in [0, 0.1) is 11.3 Å². The van der Waals surface area contributed by atoms with E-state index in [1.54, 1.807) is 6.92 Å². The van der Waals surface area contributed by atoms with Gasteiger partial charge in [0, 0.05) is 37.6 Å². The summed E-state index contributed by atoms with van der Waals surface area (Å²) in [5.41, 5.74) is 3.63. The molecule has 4 rings (SSSR count). The van der Waals surface area contributed by atoms with Gasteiger partial charge in [-0.3, -0.25) is 14.3 Å². The highest BCUT2D eigenvalue weighted by molar-refractivity contribution is 7.89. The first-order valence-electron chi connectivity index (χ1n) is 11.2. The Morgan fingerprint density at radius 1 is 1.09 bits per heavy atom. The quantitative estimate of drug-likeness (QED) is 0.720. The van der Waals surface area contributed by atoms with Crippen molar-refractivity contribution in [3.63, 3.8) is 0 Å². The van der Waals surface area contributed by atoms with E-state index in [0.29, 0.717) is 37.6 Å². The summed E-state index contributed by atoms with van der Waals surface area (Å²) in [5, 5.41) is 12.9. The Hall–Kier alpha value is -2.67. The van der Waals surface area contributed by atoms with Crippen LogP contribution >= 0.6 is 0 Å². The average molecular weight is 456 g/mol. The minimum atomic E-state index is -3.20. The second-order valence-corrected chi connectivity index (χ2v) is 10.5. The number of piperazine rings is 1. The zero-order valence-corrected chi connectivity index (χ0v) is 19.2. The number of nitrogens with one attached hydrogen (secondary N) is 1. The topological polar surface area (TPSA) is 98.4 Å². The van der Waals surface area contributed by atoms with Gasteiger partial charge in [0.05, 0.1) is 17.9 Å². The molecule has 1 saturated heterocycles. The maximum absolute atomic E-state index is 13.0. The molecule has 2 heterocycles. The standard InChI is InChI=1S/C23H29N5O3S/c1-2-32(30,31)27-14-12-26(13-15-27)17-22(29)25-23-20(16-24)19-10-6-7-11-21(19)28(23)18-8-4-3-5-9-18/h3-5,8-9H,2,6-7,10-15,17H2,1H3,(H,25,29). The van der Waals surface area contributed by atoms with Crippen LogP contribution in [0.1, 0.15) is 36.6 Å². The highest BCUT2D eigenvalue weighted by Gasteiger charge is 2.29. The number of nitriles is 1. The van der Waals surface area contributed by atoms with Gasteiger partial charge >= 0.3 is 0 Å². The molecule has 170 valence electrons. The molecule has 1 aliphatic carbocycles. The van der Waals surface area contributed by atoms with E-state index < -0.39 is 10.0 Å². The lowest BCUT2D eigenvalue weighted by molar-refractivity contribution is -0.117. The fourth-order valence-electron chi connectivity index (χ4n) is 4.62. The number of anilines is 1. The number of amides is 1. The van der Waals surface area contributed by atoms with Crippen molar-refractivity contribution in [2.75, 3.05) is 43.8 Å². The van der Waals surface area contributed by atoms with Crippen LogP contribution in [0.4, 0.5) is 5.82 Å². The molecular formula is C23H29N5O3S. The number of rotatable bonds is 6. The molecule has 1 amide bonds. The minimum Gasteiger partial charge on any atom is -0.310 e. The van der Waals surface area contributed by atoms with Gasteiger partial charge in [0.1, 0.15) is 11.9 Å². The van der Waals surface area contributed by atoms with Crippen molar-refractivity contribution in [3.05, 3.63) is 47.2 Å². The van der Waals surface area contributed by atoms with E-state index in [-0.39, 0.29) is 18.2 Å². The minimum absolute atomic E-state index is 0.0889. The van der Waals surface area contributed by atoms with Gasteiger partial charge in [-0.25, -0.2) is 8.42 Å². The molecule has 0 saturated carbocycles. The summed E-state index contributed by atoms with van der Waals surface area (Å²) in [4.78, 5) is 14.9. The van der Waals surface area contributed by atoms with E-state index in [9.17, 15) is 18.5 Å². The summed E-state index contributed by atoms with van der Waals surface area (Å²) in [6, 6.07) is 12.1. The largest absolute Gasteiger partial charge is 0.310 e. The van der Waals surface area contributed by atoms with Crippen LogP contribution in [-0.4, -0.2) is 66.6 Å². The van der Waals surface area contributed by atoms with E-state index in [0.717, 1.165) is 42.6 Å². The van der Waals surface area contributed by atoms with E-state index >= 15 is 0 Å². The molecule has 0 bridgehead atoms. The third-order valence-electron chi connectivity index (χ3n) is 6.31. The van der Waals surface area contributed by atoms with Crippen LogP contribution in [-0.2, 0) is 27.7 Å². The second kappa shape index (κ2) is 9.45. The fourth-order valence-corrected chi connectivity index (χ4v) is 5.70. The predicted molar refractivity (Wildman–Crippen MR) is 123 cm³/mol. The number of aromatic nitrogens is 1. The number of para-hydroxylation sites is 1.